The highest BCUT2D eigenvalue weighted by Gasteiger charge is 2.29. The van der Waals surface area contributed by atoms with Crippen molar-refractivity contribution in [1.82, 2.24) is 10.3 Å². The Labute approximate surface area is 156 Å². The van der Waals surface area contributed by atoms with E-state index in [1.54, 1.807) is 0 Å². The normalized spacial score (nSPS) is 19.7. The number of ether oxygens (including phenoxy) is 2. The van der Waals surface area contributed by atoms with E-state index >= 15 is 0 Å². The van der Waals surface area contributed by atoms with E-state index in [-0.39, 0.29) is 28.6 Å². The van der Waals surface area contributed by atoms with E-state index < -0.39 is 17.2 Å². The third-order valence-electron chi connectivity index (χ3n) is 4.52. The molecule has 7 heteroatoms. The summed E-state index contributed by atoms with van der Waals surface area (Å²) < 4.78 is 25.1. The Morgan fingerprint density at radius 2 is 2.26 bits per heavy atom. The van der Waals surface area contributed by atoms with E-state index in [9.17, 15) is 14.0 Å². The molecule has 1 amide bonds. The third kappa shape index (κ3) is 4.43. The van der Waals surface area contributed by atoms with Gasteiger partial charge in [0.2, 0.25) is 5.43 Å². The highest BCUT2D eigenvalue weighted by Crippen LogP contribution is 2.15. The smallest absolute Gasteiger partial charge is 0.257 e. The number of carbonyl (C=O) groups excluding carboxylic acids is 1. The molecule has 2 aromatic rings. The van der Waals surface area contributed by atoms with Crippen LogP contribution in [0.2, 0.25) is 0 Å². The van der Waals surface area contributed by atoms with E-state index in [0.29, 0.717) is 26.2 Å². The molecular formula is C20H23FN2O4. The maximum Gasteiger partial charge on any atom is 0.257 e. The summed E-state index contributed by atoms with van der Waals surface area (Å²) in [5.41, 5.74) is 0.654. The number of H-pyrrole nitrogens is 1. The number of benzene rings is 1. The molecule has 2 heterocycles. The topological polar surface area (TPSA) is 80.4 Å². The van der Waals surface area contributed by atoms with Crippen LogP contribution in [0.3, 0.4) is 0 Å². The van der Waals surface area contributed by atoms with Crippen LogP contribution in [0.25, 0.3) is 10.9 Å². The molecule has 0 spiro atoms. The van der Waals surface area contributed by atoms with Gasteiger partial charge in [-0.25, -0.2) is 4.39 Å². The lowest BCUT2D eigenvalue weighted by Crippen LogP contribution is -2.51. The first-order valence-corrected chi connectivity index (χ1v) is 8.91. The number of aromatic nitrogens is 1. The number of nitrogens with one attached hydrogen (secondary N) is 2. The molecule has 27 heavy (non-hydrogen) atoms. The minimum Gasteiger partial charge on any atom is -0.379 e. The molecule has 1 aliphatic rings. The van der Waals surface area contributed by atoms with Crippen LogP contribution in [0.5, 0.6) is 0 Å². The van der Waals surface area contributed by atoms with Crippen molar-refractivity contribution in [2.75, 3.05) is 19.8 Å². The van der Waals surface area contributed by atoms with Gasteiger partial charge in [-0.3, -0.25) is 9.59 Å². The number of para-hydroxylation sites is 1. The van der Waals surface area contributed by atoms with Crippen LogP contribution in [-0.4, -0.2) is 42.9 Å². The predicted molar refractivity (Wildman–Crippen MR) is 100 cm³/mol. The van der Waals surface area contributed by atoms with Crippen LogP contribution in [0.1, 0.15) is 30.6 Å². The average molecular weight is 374 g/mol. The zero-order chi connectivity index (χ0) is 19.4. The van der Waals surface area contributed by atoms with Crippen LogP contribution < -0.4 is 10.7 Å². The summed E-state index contributed by atoms with van der Waals surface area (Å²) in [6.45, 7) is 5.30. The molecule has 0 unspecified atom stereocenters. The SMILES string of the molecule is CC(C)=CCO[C@H]1CCOC[C@H]1NC(=O)c1c[nH]c2c(F)cccc2c1=O. The first-order valence-electron chi connectivity index (χ1n) is 8.91. The Balaban J connectivity index is 1.77. The molecule has 0 bridgehead atoms. The molecule has 1 saturated heterocycles. The van der Waals surface area contributed by atoms with Gasteiger partial charge in [-0.1, -0.05) is 17.7 Å². The zero-order valence-corrected chi connectivity index (χ0v) is 15.4. The summed E-state index contributed by atoms with van der Waals surface area (Å²) in [4.78, 5) is 27.9. The van der Waals surface area contributed by atoms with Crippen molar-refractivity contribution in [3.8, 4) is 0 Å². The first-order chi connectivity index (χ1) is 13.0. The first kappa shape index (κ1) is 19.3. The van der Waals surface area contributed by atoms with Gasteiger partial charge < -0.3 is 19.8 Å². The van der Waals surface area contributed by atoms with Gasteiger partial charge in [0.05, 0.1) is 30.9 Å². The summed E-state index contributed by atoms with van der Waals surface area (Å²) in [5, 5.41) is 2.96. The van der Waals surface area contributed by atoms with Gasteiger partial charge in [0.15, 0.2) is 0 Å². The monoisotopic (exact) mass is 374 g/mol. The lowest BCUT2D eigenvalue weighted by atomic mass is 10.1. The average Bonchev–Trinajstić information content (AvgIpc) is 2.64. The number of rotatable bonds is 5. The molecule has 1 fully saturated rings. The summed E-state index contributed by atoms with van der Waals surface area (Å²) in [7, 11) is 0. The van der Waals surface area contributed by atoms with E-state index in [4.69, 9.17) is 9.47 Å². The quantitative estimate of drug-likeness (QED) is 0.788. The molecule has 2 N–H and O–H groups in total. The number of halogens is 1. The molecule has 1 aromatic heterocycles. The van der Waals surface area contributed by atoms with Crippen molar-refractivity contribution in [2.45, 2.75) is 32.4 Å². The van der Waals surface area contributed by atoms with Crippen molar-refractivity contribution in [1.29, 1.82) is 0 Å². The van der Waals surface area contributed by atoms with Gasteiger partial charge >= 0.3 is 0 Å². The molecular weight excluding hydrogens is 351 g/mol. The Morgan fingerprint density at radius 1 is 1.44 bits per heavy atom. The largest absolute Gasteiger partial charge is 0.379 e. The summed E-state index contributed by atoms with van der Waals surface area (Å²) in [6.07, 6.45) is 3.67. The second-order valence-electron chi connectivity index (χ2n) is 6.79. The molecule has 6 nitrogen and oxygen atoms in total. The fraction of sp³-hybridized carbons (Fsp3) is 0.400. The number of allylic oxidation sites excluding steroid dienone is 1. The standard InChI is InChI=1S/C20H23FN2O4/c1-12(2)6-9-27-17-7-8-26-11-16(17)23-20(25)14-10-22-18-13(19(14)24)4-3-5-15(18)21/h3-6,10,16-17H,7-9,11H2,1-2H3,(H,22,24)(H,23,25)/t16-,17+/m1/s1. The van der Waals surface area contributed by atoms with Crippen LogP contribution in [0.4, 0.5) is 4.39 Å². The van der Waals surface area contributed by atoms with Gasteiger partial charge in [-0.2, -0.15) is 0 Å². The summed E-state index contributed by atoms with van der Waals surface area (Å²) >= 11 is 0. The van der Waals surface area contributed by atoms with E-state index in [0.717, 1.165) is 5.57 Å². The van der Waals surface area contributed by atoms with Crippen LogP contribution in [0, 0.1) is 5.82 Å². The van der Waals surface area contributed by atoms with Crippen molar-refractivity contribution in [3.63, 3.8) is 0 Å². The molecule has 0 aliphatic carbocycles. The molecule has 0 radical (unpaired) electrons. The minimum atomic E-state index is -0.537. The van der Waals surface area contributed by atoms with E-state index in [1.165, 1.54) is 24.4 Å². The molecule has 1 aromatic carbocycles. The lowest BCUT2D eigenvalue weighted by molar-refractivity contribution is -0.0457. The number of hydrogen-bond donors (Lipinski definition) is 2. The van der Waals surface area contributed by atoms with Crippen LogP contribution in [0.15, 0.2) is 40.8 Å². The fourth-order valence-electron chi connectivity index (χ4n) is 3.02. The number of hydrogen-bond acceptors (Lipinski definition) is 4. The van der Waals surface area contributed by atoms with Crippen LogP contribution in [-0.2, 0) is 9.47 Å². The summed E-state index contributed by atoms with van der Waals surface area (Å²) in [5.74, 6) is -1.07. The van der Waals surface area contributed by atoms with Gasteiger partial charge in [-0.05, 0) is 32.4 Å². The predicted octanol–water partition coefficient (Wildman–Crippen LogP) is 2.54. The summed E-state index contributed by atoms with van der Waals surface area (Å²) in [6, 6.07) is 3.82. The number of pyridine rings is 1. The molecule has 2 atom stereocenters. The van der Waals surface area contributed by atoms with Gasteiger partial charge in [0.1, 0.15) is 11.4 Å². The van der Waals surface area contributed by atoms with E-state index in [2.05, 4.69) is 10.3 Å². The van der Waals surface area contributed by atoms with Crippen molar-refractivity contribution < 1.29 is 18.7 Å². The third-order valence-corrected chi connectivity index (χ3v) is 4.52. The van der Waals surface area contributed by atoms with Gasteiger partial charge in [0.25, 0.3) is 5.91 Å². The zero-order valence-electron chi connectivity index (χ0n) is 15.4. The van der Waals surface area contributed by atoms with E-state index in [1.807, 2.05) is 19.9 Å². The maximum atomic E-state index is 13.8. The Hall–Kier alpha value is -2.51. The minimum absolute atomic E-state index is 0.0679. The number of amides is 1. The fourth-order valence-corrected chi connectivity index (χ4v) is 3.02. The number of carbonyl (C=O) groups is 1. The Morgan fingerprint density at radius 3 is 3.04 bits per heavy atom. The van der Waals surface area contributed by atoms with Gasteiger partial charge in [-0.15, -0.1) is 0 Å². The highest BCUT2D eigenvalue weighted by atomic mass is 19.1. The molecule has 1 aliphatic heterocycles. The van der Waals surface area contributed by atoms with Crippen LogP contribution >= 0.6 is 0 Å². The molecule has 3 rings (SSSR count). The number of aromatic amines is 1. The second kappa shape index (κ2) is 8.45. The van der Waals surface area contributed by atoms with Crippen molar-refractivity contribution in [3.05, 3.63) is 57.6 Å². The second-order valence-corrected chi connectivity index (χ2v) is 6.79. The maximum absolute atomic E-state index is 13.8. The Bertz CT molecular complexity index is 918. The van der Waals surface area contributed by atoms with Crippen molar-refractivity contribution in [2.24, 2.45) is 0 Å². The Kier molecular flexibility index (Phi) is 6.03. The molecule has 0 saturated carbocycles. The highest BCUT2D eigenvalue weighted by molar-refractivity contribution is 5.97. The van der Waals surface area contributed by atoms with Gasteiger partial charge in [0, 0.05) is 18.2 Å². The number of fused-ring (bicyclic) bond motifs is 1. The van der Waals surface area contributed by atoms with Crippen molar-refractivity contribution >= 4 is 16.8 Å². The molecule has 144 valence electrons. The lowest BCUT2D eigenvalue weighted by Gasteiger charge is -2.31.